The van der Waals surface area contributed by atoms with Gasteiger partial charge in [-0.3, -0.25) is 9.59 Å². The van der Waals surface area contributed by atoms with Crippen LogP contribution in [-0.4, -0.2) is 42.0 Å². The second-order valence-electron chi connectivity index (χ2n) is 6.52. The molecule has 1 fully saturated rings. The molecule has 5 nitrogen and oxygen atoms in total. The molecule has 2 rings (SSSR count). The van der Waals surface area contributed by atoms with Gasteiger partial charge < -0.3 is 14.8 Å². The van der Waals surface area contributed by atoms with Crippen LogP contribution in [0.4, 0.5) is 5.69 Å². The van der Waals surface area contributed by atoms with Crippen LogP contribution < -0.4 is 10.5 Å². The first kappa shape index (κ1) is 14.6. The molecular formula is C15H23N3O2. The highest BCUT2D eigenvalue weighted by Crippen LogP contribution is 2.21. The van der Waals surface area contributed by atoms with Crippen molar-refractivity contribution in [2.24, 2.45) is 5.41 Å². The molecule has 1 aliphatic heterocycles. The van der Waals surface area contributed by atoms with E-state index < -0.39 is 0 Å². The highest BCUT2D eigenvalue weighted by Gasteiger charge is 2.24. The molecule has 110 valence electrons. The number of pyridine rings is 1. The molecule has 0 radical (unpaired) electrons. The summed E-state index contributed by atoms with van der Waals surface area (Å²) in [7, 11) is 0. The van der Waals surface area contributed by atoms with E-state index in [1.807, 2.05) is 11.0 Å². The molecule has 1 saturated heterocycles. The van der Waals surface area contributed by atoms with E-state index in [4.69, 9.17) is 0 Å². The summed E-state index contributed by atoms with van der Waals surface area (Å²) in [6.07, 6.45) is 2.32. The van der Waals surface area contributed by atoms with Gasteiger partial charge in [0.05, 0.1) is 5.69 Å². The Labute approximate surface area is 119 Å². The number of anilines is 1. The number of piperazine rings is 1. The highest BCUT2D eigenvalue weighted by molar-refractivity contribution is 5.77. The Kier molecular flexibility index (Phi) is 4.16. The number of amides is 1. The molecule has 1 aromatic heterocycles. The summed E-state index contributed by atoms with van der Waals surface area (Å²) in [5.74, 6) is 0.235. The van der Waals surface area contributed by atoms with E-state index in [1.54, 1.807) is 6.20 Å². The Morgan fingerprint density at radius 3 is 2.35 bits per heavy atom. The van der Waals surface area contributed by atoms with E-state index in [1.165, 1.54) is 6.07 Å². The molecule has 0 unspecified atom stereocenters. The van der Waals surface area contributed by atoms with Crippen molar-refractivity contribution in [1.29, 1.82) is 0 Å². The average Bonchev–Trinajstić information content (AvgIpc) is 2.38. The Bertz CT molecular complexity index is 502. The number of nitrogens with one attached hydrogen (secondary N) is 1. The first-order chi connectivity index (χ1) is 9.35. The normalized spacial score (nSPS) is 16.4. The number of carbonyl (C=O) groups is 1. The van der Waals surface area contributed by atoms with E-state index in [9.17, 15) is 9.59 Å². The Balaban J connectivity index is 1.90. The highest BCUT2D eigenvalue weighted by atomic mass is 16.2. The molecule has 1 aromatic rings. The van der Waals surface area contributed by atoms with Gasteiger partial charge >= 0.3 is 0 Å². The third-order valence-electron chi connectivity index (χ3n) is 3.45. The minimum absolute atomic E-state index is 0.0349. The van der Waals surface area contributed by atoms with E-state index >= 15 is 0 Å². The van der Waals surface area contributed by atoms with Gasteiger partial charge in [0, 0.05) is 44.9 Å². The van der Waals surface area contributed by atoms with Gasteiger partial charge in [-0.1, -0.05) is 20.8 Å². The SMILES string of the molecule is CC(C)(C)CC(=O)N1CCN(c2ccc(=O)[nH]c2)CC1. The van der Waals surface area contributed by atoms with E-state index in [0.29, 0.717) is 6.42 Å². The molecule has 5 heteroatoms. The molecule has 0 aromatic carbocycles. The summed E-state index contributed by atoms with van der Waals surface area (Å²) in [5, 5.41) is 0. The van der Waals surface area contributed by atoms with Crippen molar-refractivity contribution in [1.82, 2.24) is 9.88 Å². The van der Waals surface area contributed by atoms with Crippen molar-refractivity contribution in [2.75, 3.05) is 31.1 Å². The molecule has 0 aliphatic carbocycles. The van der Waals surface area contributed by atoms with Gasteiger partial charge in [-0.05, 0) is 11.5 Å². The summed E-state index contributed by atoms with van der Waals surface area (Å²) in [6.45, 7) is 9.36. The number of nitrogens with zero attached hydrogens (tertiary/aromatic N) is 2. The monoisotopic (exact) mass is 277 g/mol. The molecule has 0 atom stereocenters. The lowest BCUT2D eigenvalue weighted by Gasteiger charge is -2.37. The predicted molar refractivity (Wildman–Crippen MR) is 79.9 cm³/mol. The molecule has 2 heterocycles. The summed E-state index contributed by atoms with van der Waals surface area (Å²) in [5.41, 5.74) is 0.952. The molecule has 1 N–H and O–H groups in total. The third-order valence-corrected chi connectivity index (χ3v) is 3.45. The fourth-order valence-corrected chi connectivity index (χ4v) is 2.38. The second-order valence-corrected chi connectivity index (χ2v) is 6.52. The fourth-order valence-electron chi connectivity index (χ4n) is 2.38. The van der Waals surface area contributed by atoms with Crippen LogP contribution in [0.5, 0.6) is 0 Å². The summed E-state index contributed by atoms with van der Waals surface area (Å²) in [4.78, 5) is 30.0. The van der Waals surface area contributed by atoms with Crippen LogP contribution in [0.1, 0.15) is 27.2 Å². The Hall–Kier alpha value is -1.78. The second kappa shape index (κ2) is 5.69. The van der Waals surface area contributed by atoms with Gasteiger partial charge in [-0.15, -0.1) is 0 Å². The number of aromatic amines is 1. The predicted octanol–water partition coefficient (Wildman–Crippen LogP) is 1.46. The maximum absolute atomic E-state index is 12.2. The zero-order valence-corrected chi connectivity index (χ0v) is 12.5. The first-order valence-electron chi connectivity index (χ1n) is 7.07. The standard InChI is InChI=1S/C15H23N3O2/c1-15(2,3)10-14(20)18-8-6-17(7-9-18)12-4-5-13(19)16-11-12/h4-5,11H,6-10H2,1-3H3,(H,16,19). The number of H-pyrrole nitrogens is 1. The maximum atomic E-state index is 12.2. The summed E-state index contributed by atoms with van der Waals surface area (Å²) < 4.78 is 0. The lowest BCUT2D eigenvalue weighted by atomic mass is 9.91. The van der Waals surface area contributed by atoms with Crippen LogP contribution in [0.3, 0.4) is 0 Å². The molecule has 0 bridgehead atoms. The van der Waals surface area contributed by atoms with E-state index in [0.717, 1.165) is 31.9 Å². The largest absolute Gasteiger partial charge is 0.367 e. The van der Waals surface area contributed by atoms with Crippen LogP contribution in [-0.2, 0) is 4.79 Å². The number of carbonyl (C=O) groups excluding carboxylic acids is 1. The zero-order chi connectivity index (χ0) is 14.8. The quantitative estimate of drug-likeness (QED) is 0.890. The molecule has 1 aliphatic rings. The Morgan fingerprint density at radius 2 is 1.85 bits per heavy atom. The van der Waals surface area contributed by atoms with Gasteiger partial charge in [0.15, 0.2) is 0 Å². The molecule has 0 saturated carbocycles. The molecule has 0 spiro atoms. The van der Waals surface area contributed by atoms with Gasteiger partial charge in [0.2, 0.25) is 11.5 Å². The van der Waals surface area contributed by atoms with Crippen LogP contribution >= 0.6 is 0 Å². The lowest BCUT2D eigenvalue weighted by molar-refractivity contribution is -0.133. The summed E-state index contributed by atoms with van der Waals surface area (Å²) >= 11 is 0. The number of rotatable bonds is 2. The van der Waals surface area contributed by atoms with Gasteiger partial charge in [0.25, 0.3) is 0 Å². The van der Waals surface area contributed by atoms with E-state index in [-0.39, 0.29) is 16.9 Å². The fraction of sp³-hybridized carbons (Fsp3) is 0.600. The number of aromatic nitrogens is 1. The van der Waals surface area contributed by atoms with Crippen molar-refractivity contribution < 1.29 is 4.79 Å². The van der Waals surface area contributed by atoms with Crippen LogP contribution in [0.15, 0.2) is 23.1 Å². The average molecular weight is 277 g/mol. The van der Waals surface area contributed by atoms with Crippen LogP contribution in [0.25, 0.3) is 0 Å². The number of hydrogen-bond acceptors (Lipinski definition) is 3. The summed E-state index contributed by atoms with van der Waals surface area (Å²) in [6, 6.07) is 3.36. The topological polar surface area (TPSA) is 56.4 Å². The van der Waals surface area contributed by atoms with Crippen molar-refractivity contribution >= 4 is 11.6 Å². The van der Waals surface area contributed by atoms with Crippen LogP contribution in [0.2, 0.25) is 0 Å². The van der Waals surface area contributed by atoms with E-state index in [2.05, 4.69) is 30.7 Å². The Morgan fingerprint density at radius 1 is 1.20 bits per heavy atom. The minimum Gasteiger partial charge on any atom is -0.367 e. The van der Waals surface area contributed by atoms with Gasteiger partial charge in [0.1, 0.15) is 0 Å². The lowest BCUT2D eigenvalue weighted by Crippen LogP contribution is -2.49. The van der Waals surface area contributed by atoms with Gasteiger partial charge in [-0.25, -0.2) is 0 Å². The van der Waals surface area contributed by atoms with Gasteiger partial charge in [-0.2, -0.15) is 0 Å². The molecular weight excluding hydrogens is 254 g/mol. The van der Waals surface area contributed by atoms with Crippen LogP contribution in [0, 0.1) is 5.41 Å². The van der Waals surface area contributed by atoms with Crippen molar-refractivity contribution in [2.45, 2.75) is 27.2 Å². The van der Waals surface area contributed by atoms with Crippen molar-refractivity contribution in [3.8, 4) is 0 Å². The smallest absolute Gasteiger partial charge is 0.248 e. The molecule has 20 heavy (non-hydrogen) atoms. The maximum Gasteiger partial charge on any atom is 0.248 e. The number of hydrogen-bond donors (Lipinski definition) is 1. The first-order valence-corrected chi connectivity index (χ1v) is 7.07. The van der Waals surface area contributed by atoms with Crippen molar-refractivity contribution in [3.63, 3.8) is 0 Å². The van der Waals surface area contributed by atoms with Crippen molar-refractivity contribution in [3.05, 3.63) is 28.7 Å². The third kappa shape index (κ3) is 3.85. The molecule has 1 amide bonds. The zero-order valence-electron chi connectivity index (χ0n) is 12.5. The minimum atomic E-state index is -0.0901.